The van der Waals surface area contributed by atoms with Gasteiger partial charge in [0.2, 0.25) is 5.91 Å². The molecule has 0 spiro atoms. The molecule has 0 unspecified atom stereocenters. The minimum absolute atomic E-state index is 0.0773. The highest BCUT2D eigenvalue weighted by Crippen LogP contribution is 2.31. The summed E-state index contributed by atoms with van der Waals surface area (Å²) in [6.45, 7) is 7.30. The van der Waals surface area contributed by atoms with Gasteiger partial charge in [-0.1, -0.05) is 6.58 Å². The van der Waals surface area contributed by atoms with E-state index < -0.39 is 12.2 Å². The van der Waals surface area contributed by atoms with E-state index in [1.165, 1.54) is 29.6 Å². The van der Waals surface area contributed by atoms with Gasteiger partial charge in [0.05, 0.1) is 18.5 Å². The lowest BCUT2D eigenvalue weighted by molar-refractivity contribution is -0.116. The minimum atomic E-state index is -4.54. The van der Waals surface area contributed by atoms with Crippen LogP contribution in [0, 0.1) is 5.41 Å². The molecule has 0 fully saturated rings. The third-order valence-electron chi connectivity index (χ3n) is 4.75. The Labute approximate surface area is 194 Å². The standard InChI is InChI=1S/C23H24F3N7O/c1-4-20(34)29-12-19(27)21-18(15-11-30-33(13-15)14(2)3)9-10-28-22(21)31-16-5-7-17(8-6-16)32-23(24,25)26/h4-11,13-14,27,32H,1,12H2,2-3H3,(H,28,31)(H,29,34). The Bertz CT molecular complexity index is 1180. The Kier molecular flexibility index (Phi) is 7.34. The van der Waals surface area contributed by atoms with Crippen LogP contribution < -0.4 is 16.0 Å². The van der Waals surface area contributed by atoms with Crippen molar-refractivity contribution in [2.45, 2.75) is 26.2 Å². The monoisotopic (exact) mass is 471 g/mol. The predicted octanol–water partition coefficient (Wildman–Crippen LogP) is 4.87. The van der Waals surface area contributed by atoms with Crippen molar-refractivity contribution < 1.29 is 18.0 Å². The van der Waals surface area contributed by atoms with Crippen LogP contribution in [0.25, 0.3) is 11.1 Å². The van der Waals surface area contributed by atoms with Crippen LogP contribution in [0.5, 0.6) is 0 Å². The molecule has 2 heterocycles. The molecule has 0 aliphatic rings. The Morgan fingerprint density at radius 3 is 2.47 bits per heavy atom. The second-order valence-corrected chi connectivity index (χ2v) is 7.61. The average Bonchev–Trinajstić information content (AvgIpc) is 3.28. The molecule has 0 saturated heterocycles. The van der Waals surface area contributed by atoms with Gasteiger partial charge in [-0.25, -0.2) is 4.98 Å². The number of pyridine rings is 1. The lowest BCUT2D eigenvalue weighted by atomic mass is 9.99. The highest BCUT2D eigenvalue weighted by Gasteiger charge is 2.26. The van der Waals surface area contributed by atoms with Crippen LogP contribution in [0.4, 0.5) is 30.4 Å². The maximum atomic E-state index is 12.5. The second-order valence-electron chi connectivity index (χ2n) is 7.61. The van der Waals surface area contributed by atoms with E-state index in [1.54, 1.807) is 23.1 Å². The molecule has 4 N–H and O–H groups in total. The fourth-order valence-corrected chi connectivity index (χ4v) is 3.14. The number of hydrogen-bond acceptors (Lipinski definition) is 6. The van der Waals surface area contributed by atoms with Gasteiger partial charge in [0.15, 0.2) is 0 Å². The van der Waals surface area contributed by atoms with Crippen molar-refractivity contribution in [3.63, 3.8) is 0 Å². The summed E-state index contributed by atoms with van der Waals surface area (Å²) in [5.41, 5.74) is 2.28. The normalized spacial score (nSPS) is 11.2. The molecule has 11 heteroatoms. The van der Waals surface area contributed by atoms with Gasteiger partial charge in [-0.2, -0.15) is 18.3 Å². The summed E-state index contributed by atoms with van der Waals surface area (Å²) in [5.74, 6) is -0.116. The van der Waals surface area contributed by atoms with E-state index in [1.807, 2.05) is 20.0 Å². The van der Waals surface area contributed by atoms with Crippen molar-refractivity contribution in [2.24, 2.45) is 0 Å². The quantitative estimate of drug-likeness (QED) is 0.202. The van der Waals surface area contributed by atoms with Crippen LogP contribution in [-0.2, 0) is 4.79 Å². The first-order valence-electron chi connectivity index (χ1n) is 10.3. The molecule has 1 aromatic carbocycles. The number of aromatic nitrogens is 3. The fourth-order valence-electron chi connectivity index (χ4n) is 3.14. The van der Waals surface area contributed by atoms with Gasteiger partial charge in [-0.15, -0.1) is 0 Å². The van der Waals surface area contributed by atoms with Crippen LogP contribution in [0.15, 0.2) is 61.6 Å². The van der Waals surface area contributed by atoms with Crippen LogP contribution >= 0.6 is 0 Å². The summed E-state index contributed by atoms with van der Waals surface area (Å²) in [6.07, 6.45) is 1.66. The van der Waals surface area contributed by atoms with Gasteiger partial charge in [0.25, 0.3) is 0 Å². The van der Waals surface area contributed by atoms with Crippen molar-refractivity contribution in [3.8, 4) is 11.1 Å². The van der Waals surface area contributed by atoms with E-state index in [9.17, 15) is 18.0 Å². The molecule has 3 aromatic rings. The molecule has 0 saturated carbocycles. The van der Waals surface area contributed by atoms with Gasteiger partial charge >= 0.3 is 6.30 Å². The van der Waals surface area contributed by atoms with Gasteiger partial charge in [-0.05, 0) is 55.8 Å². The molecule has 34 heavy (non-hydrogen) atoms. The summed E-state index contributed by atoms with van der Waals surface area (Å²) < 4.78 is 39.4. The number of nitrogens with one attached hydrogen (secondary N) is 4. The van der Waals surface area contributed by atoms with Gasteiger partial charge < -0.3 is 16.0 Å². The number of hydrogen-bond donors (Lipinski definition) is 4. The first-order chi connectivity index (χ1) is 16.1. The topological polar surface area (TPSA) is 108 Å². The van der Waals surface area contributed by atoms with E-state index >= 15 is 0 Å². The first-order valence-corrected chi connectivity index (χ1v) is 10.3. The summed E-state index contributed by atoms with van der Waals surface area (Å²) in [5, 5.41) is 20.1. The molecular weight excluding hydrogens is 447 g/mol. The number of anilines is 3. The summed E-state index contributed by atoms with van der Waals surface area (Å²) >= 11 is 0. The Morgan fingerprint density at radius 2 is 1.88 bits per heavy atom. The van der Waals surface area contributed by atoms with Crippen LogP contribution in [0.1, 0.15) is 25.5 Å². The zero-order valence-electron chi connectivity index (χ0n) is 18.6. The summed E-state index contributed by atoms with van der Waals surface area (Å²) in [7, 11) is 0. The number of halogens is 3. The molecule has 178 valence electrons. The Morgan fingerprint density at radius 1 is 1.21 bits per heavy atom. The smallest absolute Gasteiger partial charge is 0.347 e. The van der Waals surface area contributed by atoms with Crippen LogP contribution in [0.2, 0.25) is 0 Å². The number of benzene rings is 1. The van der Waals surface area contributed by atoms with Gasteiger partial charge in [-0.3, -0.25) is 14.8 Å². The Hall–Kier alpha value is -4.15. The Balaban J connectivity index is 1.97. The number of carbonyl (C=O) groups is 1. The molecule has 3 rings (SSSR count). The minimum Gasteiger partial charge on any atom is -0.347 e. The van der Waals surface area contributed by atoms with Crippen molar-refractivity contribution in [1.29, 1.82) is 5.41 Å². The largest absolute Gasteiger partial charge is 0.482 e. The van der Waals surface area contributed by atoms with E-state index in [0.29, 0.717) is 22.6 Å². The molecule has 0 aliphatic heterocycles. The molecule has 2 aromatic heterocycles. The highest BCUT2D eigenvalue weighted by molar-refractivity contribution is 6.10. The van der Waals surface area contributed by atoms with Gasteiger partial charge in [0, 0.05) is 40.9 Å². The summed E-state index contributed by atoms with van der Waals surface area (Å²) in [6, 6.07) is 7.36. The number of nitrogens with zero attached hydrogens (tertiary/aromatic N) is 3. The number of carbonyl (C=O) groups excluding carboxylic acids is 1. The van der Waals surface area contributed by atoms with Crippen LogP contribution in [0.3, 0.4) is 0 Å². The molecule has 1 amide bonds. The lowest BCUT2D eigenvalue weighted by Gasteiger charge is -2.16. The first kappa shape index (κ1) is 24.5. The maximum Gasteiger partial charge on any atom is 0.482 e. The molecule has 0 aliphatic carbocycles. The van der Waals surface area contributed by atoms with E-state index in [-0.39, 0.29) is 24.0 Å². The molecule has 0 bridgehead atoms. The SMILES string of the molecule is C=CC(=O)NCC(=N)c1c(-c2cnn(C(C)C)c2)ccnc1Nc1ccc(NC(F)(F)F)cc1. The zero-order valence-corrected chi connectivity index (χ0v) is 18.6. The molecule has 8 nitrogen and oxygen atoms in total. The zero-order chi connectivity index (χ0) is 24.9. The predicted molar refractivity (Wildman–Crippen MR) is 125 cm³/mol. The molecule has 0 atom stereocenters. The van der Waals surface area contributed by atoms with Crippen molar-refractivity contribution in [1.82, 2.24) is 20.1 Å². The van der Waals surface area contributed by atoms with Crippen LogP contribution in [-0.4, -0.2) is 39.2 Å². The number of amides is 1. The van der Waals surface area contributed by atoms with E-state index in [0.717, 1.165) is 11.6 Å². The number of alkyl halides is 3. The average molecular weight is 471 g/mol. The third-order valence-corrected chi connectivity index (χ3v) is 4.75. The summed E-state index contributed by atoms with van der Waals surface area (Å²) in [4.78, 5) is 16.0. The number of rotatable bonds is 9. The maximum absolute atomic E-state index is 12.5. The molecular formula is C23H24F3N7O. The van der Waals surface area contributed by atoms with Crippen molar-refractivity contribution in [3.05, 3.63) is 67.1 Å². The van der Waals surface area contributed by atoms with E-state index in [4.69, 9.17) is 5.41 Å². The van der Waals surface area contributed by atoms with Crippen molar-refractivity contribution >= 4 is 28.8 Å². The van der Waals surface area contributed by atoms with Crippen molar-refractivity contribution in [2.75, 3.05) is 17.2 Å². The fraction of sp³-hybridized carbons (Fsp3) is 0.217. The molecule has 0 radical (unpaired) electrons. The second kappa shape index (κ2) is 10.2. The van der Waals surface area contributed by atoms with Gasteiger partial charge in [0.1, 0.15) is 5.82 Å². The highest BCUT2D eigenvalue weighted by atomic mass is 19.4. The lowest BCUT2D eigenvalue weighted by Crippen LogP contribution is -2.28. The third kappa shape index (κ3) is 6.21. The van der Waals surface area contributed by atoms with E-state index in [2.05, 4.69) is 27.3 Å².